The molecule has 1 atom stereocenters. The lowest BCUT2D eigenvalue weighted by Crippen LogP contribution is -2.58. The van der Waals surface area contributed by atoms with Gasteiger partial charge in [-0.2, -0.15) is 5.26 Å². The maximum absolute atomic E-state index is 14.1. The summed E-state index contributed by atoms with van der Waals surface area (Å²) in [7, 11) is 0. The number of piperazine rings is 1. The van der Waals surface area contributed by atoms with E-state index in [0.717, 1.165) is 36.8 Å². The Kier molecular flexibility index (Phi) is 7.71. The van der Waals surface area contributed by atoms with Crippen molar-refractivity contribution in [2.45, 2.75) is 25.8 Å². The highest BCUT2D eigenvalue weighted by molar-refractivity contribution is 5.95. The number of carbonyl (C=O) groups is 1. The minimum Gasteiger partial charge on any atom is -0.338 e. The Hall–Kier alpha value is -3.81. The third kappa shape index (κ3) is 5.91. The molecule has 1 fully saturated rings. The number of nitrogens with zero attached hydrogens (tertiary/aromatic N) is 4. The van der Waals surface area contributed by atoms with Gasteiger partial charge in [-0.1, -0.05) is 13.3 Å². The minimum atomic E-state index is -1.07. The van der Waals surface area contributed by atoms with E-state index >= 15 is 0 Å². The predicted molar refractivity (Wildman–Crippen MR) is 115 cm³/mol. The van der Waals surface area contributed by atoms with E-state index in [9.17, 15) is 22.4 Å². The number of hydrogen-bond acceptors (Lipinski definition) is 3. The zero-order valence-electron chi connectivity index (χ0n) is 17.8. The van der Waals surface area contributed by atoms with E-state index in [4.69, 9.17) is 5.26 Å². The normalized spacial score (nSPS) is 16.4. The minimum absolute atomic E-state index is 0.0313. The molecule has 0 radical (unpaired) electrons. The number of halogens is 4. The largest absolute Gasteiger partial charge is 0.338 e. The molecule has 11 heteroatoms. The van der Waals surface area contributed by atoms with Crippen molar-refractivity contribution in [2.24, 2.45) is 4.99 Å². The number of amides is 2. The van der Waals surface area contributed by atoms with Crippen molar-refractivity contribution in [2.75, 3.05) is 30.3 Å². The van der Waals surface area contributed by atoms with Crippen molar-refractivity contribution in [3.05, 3.63) is 59.7 Å². The lowest BCUT2D eigenvalue weighted by Gasteiger charge is -2.42. The smallest absolute Gasteiger partial charge is 0.322 e. The second kappa shape index (κ2) is 10.7. The van der Waals surface area contributed by atoms with Gasteiger partial charge in [0.05, 0.1) is 11.7 Å². The van der Waals surface area contributed by atoms with Gasteiger partial charge in [-0.3, -0.25) is 0 Å². The molecule has 3 rings (SSSR count). The number of benzene rings is 2. The topological polar surface area (TPSA) is 83.8 Å². The molecule has 1 unspecified atom stereocenters. The molecule has 0 aliphatic carbocycles. The second-order valence-corrected chi connectivity index (χ2v) is 7.43. The van der Waals surface area contributed by atoms with Gasteiger partial charge in [0.1, 0.15) is 11.6 Å². The first-order valence-electron chi connectivity index (χ1n) is 10.3. The lowest BCUT2D eigenvalue weighted by molar-refractivity contribution is 0.130. The van der Waals surface area contributed by atoms with Gasteiger partial charge < -0.3 is 20.4 Å². The molecule has 174 valence electrons. The van der Waals surface area contributed by atoms with Crippen molar-refractivity contribution in [3.8, 4) is 6.19 Å². The van der Waals surface area contributed by atoms with Crippen molar-refractivity contribution in [1.82, 2.24) is 9.80 Å². The molecule has 2 amide bonds. The number of anilines is 2. The number of nitriles is 1. The third-order valence-corrected chi connectivity index (χ3v) is 5.17. The Labute approximate surface area is 188 Å². The fourth-order valence-corrected chi connectivity index (χ4v) is 3.60. The highest BCUT2D eigenvalue weighted by Crippen LogP contribution is 2.21. The van der Waals surface area contributed by atoms with Crippen LogP contribution in [0.15, 0.2) is 41.4 Å². The molecule has 1 saturated heterocycles. The maximum atomic E-state index is 14.1. The zero-order valence-corrected chi connectivity index (χ0v) is 17.8. The van der Waals surface area contributed by atoms with Crippen LogP contribution in [0.1, 0.15) is 19.8 Å². The lowest BCUT2D eigenvalue weighted by atomic mass is 10.1. The number of guanidine groups is 1. The van der Waals surface area contributed by atoms with E-state index in [2.05, 4.69) is 15.6 Å². The van der Waals surface area contributed by atoms with E-state index in [0.29, 0.717) is 6.42 Å². The Morgan fingerprint density at radius 2 is 1.85 bits per heavy atom. The number of rotatable bonds is 4. The van der Waals surface area contributed by atoms with Crippen LogP contribution in [0.4, 0.5) is 33.7 Å². The van der Waals surface area contributed by atoms with Crippen LogP contribution in [0.2, 0.25) is 0 Å². The molecule has 2 aromatic carbocycles. The van der Waals surface area contributed by atoms with Gasteiger partial charge in [0.15, 0.2) is 11.6 Å². The Balaban J connectivity index is 1.74. The van der Waals surface area contributed by atoms with Crippen molar-refractivity contribution >= 4 is 23.4 Å². The molecular weight excluding hydrogens is 440 g/mol. The van der Waals surface area contributed by atoms with Gasteiger partial charge >= 0.3 is 6.03 Å². The molecule has 33 heavy (non-hydrogen) atoms. The number of hydrogen-bond donors (Lipinski definition) is 2. The van der Waals surface area contributed by atoms with Crippen LogP contribution in [-0.2, 0) is 0 Å². The van der Waals surface area contributed by atoms with Crippen LogP contribution in [0, 0.1) is 34.7 Å². The third-order valence-electron chi connectivity index (χ3n) is 5.17. The molecule has 0 spiro atoms. The summed E-state index contributed by atoms with van der Waals surface area (Å²) in [5.41, 5.74) is -0.0545. The van der Waals surface area contributed by atoms with E-state index in [1.807, 2.05) is 6.92 Å². The van der Waals surface area contributed by atoms with Gasteiger partial charge in [0.25, 0.3) is 0 Å². The summed E-state index contributed by atoms with van der Waals surface area (Å²) in [4.78, 5) is 19.8. The number of urea groups is 1. The highest BCUT2D eigenvalue weighted by Gasteiger charge is 2.32. The molecule has 1 heterocycles. The van der Waals surface area contributed by atoms with Crippen LogP contribution < -0.4 is 10.6 Å². The molecular formula is C22H22F4N6O. The molecule has 7 nitrogen and oxygen atoms in total. The molecule has 0 aromatic heterocycles. The van der Waals surface area contributed by atoms with Crippen LogP contribution in [0.25, 0.3) is 0 Å². The first kappa shape index (κ1) is 23.8. The van der Waals surface area contributed by atoms with Crippen molar-refractivity contribution in [3.63, 3.8) is 0 Å². The van der Waals surface area contributed by atoms with Crippen LogP contribution in [0.5, 0.6) is 0 Å². The summed E-state index contributed by atoms with van der Waals surface area (Å²) in [5, 5.41) is 14.3. The second-order valence-electron chi connectivity index (χ2n) is 7.43. The fraction of sp³-hybridized carbons (Fsp3) is 0.318. The molecule has 1 aliphatic heterocycles. The van der Waals surface area contributed by atoms with E-state index in [1.54, 1.807) is 16.0 Å². The number of carbonyl (C=O) groups excluding carboxylic acids is 1. The van der Waals surface area contributed by atoms with Crippen molar-refractivity contribution in [1.29, 1.82) is 5.26 Å². The molecule has 0 bridgehead atoms. The standard InChI is InChI=1S/C22H22F4N6O/c1-2-3-16-12-31(21(28-13-27)30-20-10-14(23)4-6-18(20)25)8-9-32(16)22(33)29-15-5-7-17(24)19(26)11-15/h4-7,10-11,16H,2-3,8-9,12H2,1H3,(H,28,30)(H,29,33). The molecule has 2 N–H and O–H groups in total. The average molecular weight is 462 g/mol. The number of nitrogens with one attached hydrogen (secondary N) is 2. The SMILES string of the molecule is CCCC1CN(/C(=N\C#N)Nc2cc(F)ccc2F)CCN1C(=O)Nc1ccc(F)c(F)c1. The summed E-state index contributed by atoms with van der Waals surface area (Å²) < 4.78 is 54.2. The summed E-state index contributed by atoms with van der Waals surface area (Å²) in [6.07, 6.45) is 3.00. The summed E-state index contributed by atoms with van der Waals surface area (Å²) in [6, 6.07) is 5.18. The van der Waals surface area contributed by atoms with Crippen LogP contribution in [-0.4, -0.2) is 47.5 Å². The van der Waals surface area contributed by atoms with E-state index in [-0.39, 0.29) is 43.0 Å². The summed E-state index contributed by atoms with van der Waals surface area (Å²) >= 11 is 0. The Bertz CT molecular complexity index is 1090. The Morgan fingerprint density at radius 3 is 2.55 bits per heavy atom. The average Bonchev–Trinajstić information content (AvgIpc) is 2.78. The highest BCUT2D eigenvalue weighted by atomic mass is 19.2. The van der Waals surface area contributed by atoms with Gasteiger partial charge in [-0.25, -0.2) is 22.4 Å². The molecule has 0 saturated carbocycles. The first-order valence-corrected chi connectivity index (χ1v) is 10.3. The zero-order chi connectivity index (χ0) is 24.0. The van der Waals surface area contributed by atoms with Crippen LogP contribution >= 0.6 is 0 Å². The summed E-state index contributed by atoms with van der Waals surface area (Å²) in [6.45, 7) is 2.67. The van der Waals surface area contributed by atoms with Crippen LogP contribution in [0.3, 0.4) is 0 Å². The van der Waals surface area contributed by atoms with Gasteiger partial charge in [-0.15, -0.1) is 4.99 Å². The molecule has 2 aromatic rings. The number of aliphatic imine (C=N–C) groups is 1. The molecule has 1 aliphatic rings. The van der Waals surface area contributed by atoms with Gasteiger partial charge in [0, 0.05) is 37.5 Å². The monoisotopic (exact) mass is 462 g/mol. The first-order chi connectivity index (χ1) is 15.8. The van der Waals surface area contributed by atoms with E-state index < -0.39 is 29.3 Å². The predicted octanol–water partition coefficient (Wildman–Crippen LogP) is 4.51. The fourth-order valence-electron chi connectivity index (χ4n) is 3.60. The Morgan fingerprint density at radius 1 is 1.09 bits per heavy atom. The van der Waals surface area contributed by atoms with Crippen molar-refractivity contribution < 1.29 is 22.4 Å². The van der Waals surface area contributed by atoms with E-state index in [1.165, 1.54) is 6.07 Å². The summed E-state index contributed by atoms with van der Waals surface area (Å²) in [5.74, 6) is -3.42. The maximum Gasteiger partial charge on any atom is 0.322 e. The quantitative estimate of drug-likeness (QED) is 0.303. The van der Waals surface area contributed by atoms with Gasteiger partial charge in [0.2, 0.25) is 12.2 Å². The van der Waals surface area contributed by atoms with Gasteiger partial charge in [-0.05, 0) is 30.7 Å².